The third-order valence-electron chi connectivity index (χ3n) is 4.37. The number of aryl methyl sites for hydroxylation is 1. The summed E-state index contributed by atoms with van der Waals surface area (Å²) < 4.78 is 19.6. The Morgan fingerprint density at radius 1 is 1.06 bits per heavy atom. The molecule has 2 N–H and O–H groups in total. The van der Waals surface area contributed by atoms with E-state index in [9.17, 15) is 14.0 Å². The van der Waals surface area contributed by atoms with Gasteiger partial charge in [0, 0.05) is 21.8 Å². The molecule has 0 radical (unpaired) electrons. The van der Waals surface area contributed by atoms with Gasteiger partial charge >= 0.3 is 11.8 Å². The van der Waals surface area contributed by atoms with Gasteiger partial charge in [0.25, 0.3) is 0 Å². The summed E-state index contributed by atoms with van der Waals surface area (Å²) in [6.07, 6.45) is 1.27. The van der Waals surface area contributed by atoms with E-state index in [1.54, 1.807) is 49.4 Å². The number of benzene rings is 3. The standard InChI is InChI=1S/C23H18Cl2FN3O3/c1-14-5-2-3-8-20(14)28-22(30)23(31)29-27-12-15-11-16(24)9-10-21(15)32-13-17-18(25)6-4-7-19(17)26/h2-12H,13H2,1H3,(H,28,30)(H,29,31)/b27-12-. The molecule has 0 saturated carbocycles. The van der Waals surface area contributed by atoms with Crippen LogP contribution in [0.2, 0.25) is 10.0 Å². The Labute approximate surface area is 194 Å². The quantitative estimate of drug-likeness (QED) is 0.296. The molecule has 3 rings (SSSR count). The van der Waals surface area contributed by atoms with Crippen molar-refractivity contribution in [3.05, 3.63) is 93.2 Å². The van der Waals surface area contributed by atoms with E-state index in [4.69, 9.17) is 27.9 Å². The highest BCUT2D eigenvalue weighted by Crippen LogP contribution is 2.25. The van der Waals surface area contributed by atoms with Crippen LogP contribution >= 0.6 is 23.2 Å². The number of rotatable bonds is 6. The number of nitrogens with zero attached hydrogens (tertiary/aromatic N) is 1. The van der Waals surface area contributed by atoms with Crippen molar-refractivity contribution in [3.8, 4) is 5.75 Å². The van der Waals surface area contributed by atoms with E-state index in [2.05, 4.69) is 15.8 Å². The number of anilines is 1. The average Bonchev–Trinajstić information content (AvgIpc) is 2.76. The molecule has 0 bridgehead atoms. The van der Waals surface area contributed by atoms with E-state index in [-0.39, 0.29) is 17.2 Å². The van der Waals surface area contributed by atoms with Crippen LogP contribution in [0.3, 0.4) is 0 Å². The Kier molecular flexibility index (Phi) is 7.81. The lowest BCUT2D eigenvalue weighted by atomic mass is 10.2. The number of hydrogen-bond donors (Lipinski definition) is 2. The first-order chi connectivity index (χ1) is 15.3. The van der Waals surface area contributed by atoms with Crippen LogP contribution < -0.4 is 15.5 Å². The third-order valence-corrected chi connectivity index (χ3v) is 4.96. The third kappa shape index (κ3) is 6.06. The minimum atomic E-state index is -0.952. The molecule has 0 aliphatic heterocycles. The van der Waals surface area contributed by atoms with Crippen molar-refractivity contribution in [1.29, 1.82) is 0 Å². The van der Waals surface area contributed by atoms with Crippen LogP contribution in [0.15, 0.2) is 65.8 Å². The second-order valence-corrected chi connectivity index (χ2v) is 7.48. The second-order valence-electron chi connectivity index (χ2n) is 6.64. The predicted molar refractivity (Wildman–Crippen MR) is 123 cm³/mol. The zero-order valence-electron chi connectivity index (χ0n) is 16.9. The van der Waals surface area contributed by atoms with E-state index in [1.807, 2.05) is 6.07 Å². The molecule has 164 valence electrons. The Hall–Kier alpha value is -3.42. The highest BCUT2D eigenvalue weighted by atomic mass is 35.5. The normalized spacial score (nSPS) is 10.8. The average molecular weight is 474 g/mol. The first kappa shape index (κ1) is 23.2. The second kappa shape index (κ2) is 10.7. The minimum Gasteiger partial charge on any atom is -0.488 e. The van der Waals surface area contributed by atoms with Crippen LogP contribution in [0.25, 0.3) is 0 Å². The largest absolute Gasteiger partial charge is 0.488 e. The number of para-hydroxylation sites is 1. The summed E-state index contributed by atoms with van der Waals surface area (Å²) in [6.45, 7) is 1.68. The van der Waals surface area contributed by atoms with Gasteiger partial charge in [0.15, 0.2) is 0 Å². The molecule has 3 aromatic carbocycles. The molecule has 32 heavy (non-hydrogen) atoms. The molecule has 9 heteroatoms. The van der Waals surface area contributed by atoms with Gasteiger partial charge in [-0.25, -0.2) is 9.82 Å². The van der Waals surface area contributed by atoms with Crippen molar-refractivity contribution in [3.63, 3.8) is 0 Å². The molecule has 0 aliphatic rings. The summed E-state index contributed by atoms with van der Waals surface area (Å²) in [5.74, 6) is -1.98. The van der Waals surface area contributed by atoms with E-state index in [0.29, 0.717) is 22.0 Å². The van der Waals surface area contributed by atoms with Gasteiger partial charge in [0.2, 0.25) is 0 Å². The summed E-state index contributed by atoms with van der Waals surface area (Å²) in [4.78, 5) is 24.1. The van der Waals surface area contributed by atoms with Crippen LogP contribution in [-0.2, 0) is 16.2 Å². The van der Waals surface area contributed by atoms with Gasteiger partial charge in [-0.15, -0.1) is 0 Å². The molecule has 0 heterocycles. The van der Waals surface area contributed by atoms with Gasteiger partial charge in [0.05, 0.1) is 11.2 Å². The molecule has 0 unspecified atom stereocenters. The van der Waals surface area contributed by atoms with Gasteiger partial charge in [-0.1, -0.05) is 47.5 Å². The maximum absolute atomic E-state index is 14.0. The zero-order chi connectivity index (χ0) is 23.1. The van der Waals surface area contributed by atoms with Crippen molar-refractivity contribution in [1.82, 2.24) is 5.43 Å². The molecule has 0 aromatic heterocycles. The Bertz CT molecular complexity index is 1160. The fourth-order valence-electron chi connectivity index (χ4n) is 2.68. The Morgan fingerprint density at radius 2 is 1.84 bits per heavy atom. The van der Waals surface area contributed by atoms with Crippen LogP contribution in [0.4, 0.5) is 10.1 Å². The summed E-state index contributed by atoms with van der Waals surface area (Å²) in [7, 11) is 0. The van der Waals surface area contributed by atoms with Gasteiger partial charge in [-0.2, -0.15) is 5.10 Å². The minimum absolute atomic E-state index is 0.126. The number of halogens is 3. The van der Waals surface area contributed by atoms with Crippen LogP contribution in [0.1, 0.15) is 16.7 Å². The summed E-state index contributed by atoms with van der Waals surface area (Å²) >= 11 is 12.1. The molecule has 0 spiro atoms. The molecule has 0 atom stereocenters. The Morgan fingerprint density at radius 3 is 2.59 bits per heavy atom. The van der Waals surface area contributed by atoms with E-state index in [0.717, 1.165) is 5.56 Å². The van der Waals surface area contributed by atoms with Crippen molar-refractivity contribution in [2.45, 2.75) is 13.5 Å². The SMILES string of the molecule is Cc1ccccc1NC(=O)C(=O)N/N=C\c1cc(Cl)ccc1OCc1c(F)cccc1Cl. The lowest BCUT2D eigenvalue weighted by molar-refractivity contribution is -0.136. The van der Waals surface area contributed by atoms with Crippen molar-refractivity contribution < 1.29 is 18.7 Å². The molecule has 3 aromatic rings. The monoisotopic (exact) mass is 473 g/mol. The smallest absolute Gasteiger partial charge is 0.329 e. The highest BCUT2D eigenvalue weighted by Gasteiger charge is 2.14. The molecular formula is C23H18Cl2FN3O3. The van der Waals surface area contributed by atoms with E-state index >= 15 is 0 Å². The summed E-state index contributed by atoms with van der Waals surface area (Å²) in [6, 6.07) is 16.1. The van der Waals surface area contributed by atoms with Crippen molar-refractivity contribution in [2.24, 2.45) is 5.10 Å². The number of ether oxygens (including phenoxy) is 1. The van der Waals surface area contributed by atoms with E-state index in [1.165, 1.54) is 18.3 Å². The number of amides is 2. The van der Waals surface area contributed by atoms with Gasteiger partial charge in [-0.3, -0.25) is 9.59 Å². The van der Waals surface area contributed by atoms with Crippen LogP contribution in [0.5, 0.6) is 5.75 Å². The molecule has 0 saturated heterocycles. The predicted octanol–water partition coefficient (Wildman–Crippen LogP) is 5.11. The van der Waals surface area contributed by atoms with Crippen LogP contribution in [-0.4, -0.2) is 18.0 Å². The molecule has 0 aliphatic carbocycles. The maximum atomic E-state index is 14.0. The molecule has 2 amide bonds. The van der Waals surface area contributed by atoms with Crippen LogP contribution in [0, 0.1) is 12.7 Å². The van der Waals surface area contributed by atoms with Gasteiger partial charge in [0.1, 0.15) is 18.2 Å². The number of nitrogens with one attached hydrogen (secondary N) is 2. The zero-order valence-corrected chi connectivity index (χ0v) is 18.4. The topological polar surface area (TPSA) is 79.8 Å². The number of carbonyl (C=O) groups excluding carboxylic acids is 2. The molecular weight excluding hydrogens is 456 g/mol. The maximum Gasteiger partial charge on any atom is 0.329 e. The van der Waals surface area contributed by atoms with Crippen molar-refractivity contribution >= 4 is 46.9 Å². The summed E-state index contributed by atoms with van der Waals surface area (Å²) in [5, 5.41) is 6.94. The molecule has 0 fully saturated rings. The van der Waals surface area contributed by atoms with Gasteiger partial charge in [-0.05, 0) is 48.9 Å². The fraction of sp³-hybridized carbons (Fsp3) is 0.0870. The van der Waals surface area contributed by atoms with Crippen molar-refractivity contribution in [2.75, 3.05) is 5.32 Å². The van der Waals surface area contributed by atoms with E-state index < -0.39 is 17.6 Å². The Balaban J connectivity index is 1.66. The first-order valence-corrected chi connectivity index (χ1v) is 10.2. The lowest BCUT2D eigenvalue weighted by Crippen LogP contribution is -2.32. The summed E-state index contributed by atoms with van der Waals surface area (Å²) in [5.41, 5.74) is 4.09. The molecule has 6 nitrogen and oxygen atoms in total. The number of hydrogen-bond acceptors (Lipinski definition) is 4. The van der Waals surface area contributed by atoms with Gasteiger partial charge < -0.3 is 10.1 Å². The number of carbonyl (C=O) groups is 2. The lowest BCUT2D eigenvalue weighted by Gasteiger charge is -2.11. The first-order valence-electron chi connectivity index (χ1n) is 9.40. The fourth-order valence-corrected chi connectivity index (χ4v) is 3.07. The highest BCUT2D eigenvalue weighted by molar-refractivity contribution is 6.39. The number of hydrazone groups is 1.